The molecule has 1 amide bonds. The van der Waals surface area contributed by atoms with E-state index in [-0.39, 0.29) is 5.91 Å². The van der Waals surface area contributed by atoms with Crippen LogP contribution in [-0.4, -0.2) is 31.8 Å². The number of hydrogen-bond donors (Lipinski definition) is 2. The summed E-state index contributed by atoms with van der Waals surface area (Å²) >= 11 is 0. The Morgan fingerprint density at radius 3 is 3.10 bits per heavy atom. The first-order valence-electron chi connectivity index (χ1n) is 6.95. The Bertz CT molecular complexity index is 745. The molecule has 6 heteroatoms. The Hall–Kier alpha value is -2.63. The van der Waals surface area contributed by atoms with Crippen molar-refractivity contribution in [2.75, 3.05) is 6.54 Å². The molecule has 0 spiro atoms. The van der Waals surface area contributed by atoms with Gasteiger partial charge in [0, 0.05) is 37.3 Å². The Morgan fingerprint density at radius 2 is 2.33 bits per heavy atom. The highest BCUT2D eigenvalue weighted by atomic mass is 16.1. The summed E-state index contributed by atoms with van der Waals surface area (Å²) in [6, 6.07) is 5.81. The number of nitrogens with one attached hydrogen (secondary N) is 2. The second kappa shape index (κ2) is 5.78. The number of fused-ring (bicyclic) bond motifs is 1. The van der Waals surface area contributed by atoms with Crippen molar-refractivity contribution < 1.29 is 4.79 Å². The van der Waals surface area contributed by atoms with Gasteiger partial charge in [-0.05, 0) is 25.5 Å². The van der Waals surface area contributed by atoms with E-state index in [9.17, 15) is 4.79 Å². The van der Waals surface area contributed by atoms with Crippen LogP contribution in [0.25, 0.3) is 5.65 Å². The average Bonchev–Trinajstić information content (AvgIpc) is 3.13. The third-order valence-electron chi connectivity index (χ3n) is 3.36. The predicted molar refractivity (Wildman–Crippen MR) is 79.2 cm³/mol. The van der Waals surface area contributed by atoms with E-state index >= 15 is 0 Å². The van der Waals surface area contributed by atoms with Crippen LogP contribution in [0.4, 0.5) is 0 Å². The summed E-state index contributed by atoms with van der Waals surface area (Å²) in [6.45, 7) is 2.59. The van der Waals surface area contributed by atoms with Gasteiger partial charge < -0.3 is 14.7 Å². The monoisotopic (exact) mass is 283 g/mol. The number of carbonyl (C=O) groups is 1. The Labute approximate surface area is 122 Å². The molecule has 0 saturated carbocycles. The van der Waals surface area contributed by atoms with Crippen LogP contribution in [0.3, 0.4) is 0 Å². The van der Waals surface area contributed by atoms with E-state index < -0.39 is 0 Å². The fraction of sp³-hybridized carbons (Fsp3) is 0.267. The molecule has 0 aliphatic heterocycles. The molecule has 3 heterocycles. The van der Waals surface area contributed by atoms with Crippen molar-refractivity contribution in [2.45, 2.75) is 19.8 Å². The molecule has 0 radical (unpaired) electrons. The lowest BCUT2D eigenvalue weighted by Gasteiger charge is -2.01. The number of imidazole rings is 2. The van der Waals surface area contributed by atoms with Gasteiger partial charge in [0.15, 0.2) is 0 Å². The van der Waals surface area contributed by atoms with Crippen LogP contribution in [0.15, 0.2) is 36.8 Å². The van der Waals surface area contributed by atoms with Crippen molar-refractivity contribution in [3.05, 3.63) is 54.0 Å². The molecule has 3 aromatic rings. The molecule has 3 aromatic heterocycles. The van der Waals surface area contributed by atoms with E-state index in [1.54, 1.807) is 18.6 Å². The molecular formula is C15H17N5O. The van der Waals surface area contributed by atoms with Gasteiger partial charge in [-0.2, -0.15) is 0 Å². The van der Waals surface area contributed by atoms with Gasteiger partial charge in [0.25, 0.3) is 5.91 Å². The molecule has 2 N–H and O–H groups in total. The van der Waals surface area contributed by atoms with Crippen LogP contribution in [0, 0.1) is 6.92 Å². The smallest absolute Gasteiger partial charge is 0.271 e. The number of aromatic amines is 1. The number of hydrogen-bond acceptors (Lipinski definition) is 3. The molecule has 0 unspecified atom stereocenters. The van der Waals surface area contributed by atoms with E-state index in [0.717, 1.165) is 30.0 Å². The number of carbonyl (C=O) groups excluding carboxylic acids is 1. The van der Waals surface area contributed by atoms with Crippen LogP contribution in [-0.2, 0) is 6.42 Å². The third kappa shape index (κ3) is 2.94. The highest BCUT2D eigenvalue weighted by molar-refractivity contribution is 5.92. The average molecular weight is 283 g/mol. The first kappa shape index (κ1) is 13.4. The molecule has 108 valence electrons. The van der Waals surface area contributed by atoms with Crippen molar-refractivity contribution in [3.8, 4) is 0 Å². The lowest BCUT2D eigenvalue weighted by molar-refractivity contribution is 0.0949. The number of aryl methyl sites for hydroxylation is 2. The molecule has 6 nitrogen and oxygen atoms in total. The summed E-state index contributed by atoms with van der Waals surface area (Å²) < 4.78 is 1.91. The number of pyridine rings is 1. The molecule has 0 saturated heterocycles. The van der Waals surface area contributed by atoms with Gasteiger partial charge in [-0.25, -0.2) is 9.97 Å². The van der Waals surface area contributed by atoms with Crippen molar-refractivity contribution in [2.24, 2.45) is 0 Å². The molecule has 0 bridgehead atoms. The summed E-state index contributed by atoms with van der Waals surface area (Å²) in [7, 11) is 0. The predicted octanol–water partition coefficient (Wildman–Crippen LogP) is 1.73. The van der Waals surface area contributed by atoms with Crippen LogP contribution < -0.4 is 5.32 Å². The minimum Gasteiger partial charge on any atom is -0.351 e. The maximum absolute atomic E-state index is 12.1. The van der Waals surface area contributed by atoms with Crippen LogP contribution >= 0.6 is 0 Å². The van der Waals surface area contributed by atoms with Gasteiger partial charge >= 0.3 is 0 Å². The number of H-pyrrole nitrogens is 1. The maximum Gasteiger partial charge on any atom is 0.271 e. The molecule has 0 atom stereocenters. The van der Waals surface area contributed by atoms with Gasteiger partial charge in [-0.3, -0.25) is 4.79 Å². The highest BCUT2D eigenvalue weighted by Crippen LogP contribution is 2.08. The van der Waals surface area contributed by atoms with Gasteiger partial charge in [0.1, 0.15) is 17.2 Å². The second-order valence-electron chi connectivity index (χ2n) is 4.92. The fourth-order valence-electron chi connectivity index (χ4n) is 2.24. The number of aromatic nitrogens is 4. The molecule has 21 heavy (non-hydrogen) atoms. The lowest BCUT2D eigenvalue weighted by atomic mass is 10.3. The lowest BCUT2D eigenvalue weighted by Crippen LogP contribution is -2.25. The first-order valence-corrected chi connectivity index (χ1v) is 6.95. The van der Waals surface area contributed by atoms with Gasteiger partial charge in [0.2, 0.25) is 0 Å². The summed E-state index contributed by atoms with van der Waals surface area (Å²) in [6.07, 6.45) is 6.95. The van der Waals surface area contributed by atoms with Crippen molar-refractivity contribution in [3.63, 3.8) is 0 Å². The second-order valence-corrected chi connectivity index (χ2v) is 4.92. The van der Waals surface area contributed by atoms with Crippen molar-refractivity contribution in [1.82, 2.24) is 24.7 Å². The molecule has 3 rings (SSSR count). The largest absolute Gasteiger partial charge is 0.351 e. The zero-order chi connectivity index (χ0) is 14.7. The van der Waals surface area contributed by atoms with E-state index in [4.69, 9.17) is 0 Å². The van der Waals surface area contributed by atoms with E-state index in [2.05, 4.69) is 20.3 Å². The van der Waals surface area contributed by atoms with E-state index in [1.165, 1.54) is 0 Å². The quantitative estimate of drug-likeness (QED) is 0.700. The van der Waals surface area contributed by atoms with Crippen molar-refractivity contribution in [1.29, 1.82) is 0 Å². The molecular weight excluding hydrogens is 266 g/mol. The minimum atomic E-state index is -0.141. The van der Waals surface area contributed by atoms with Crippen LogP contribution in [0.5, 0.6) is 0 Å². The van der Waals surface area contributed by atoms with E-state index in [0.29, 0.717) is 12.2 Å². The summed E-state index contributed by atoms with van der Waals surface area (Å²) in [5.74, 6) is 0.796. The standard InChI is InChI=1S/C15H17N5O/c1-11-4-2-6-14-19-12(10-20(11)14)15(21)18-7-3-5-13-16-8-9-17-13/h2,4,6,8-10H,3,5,7H2,1H3,(H,16,17)(H,18,21). The van der Waals surface area contributed by atoms with Gasteiger partial charge in [-0.1, -0.05) is 6.07 Å². The summed E-state index contributed by atoms with van der Waals surface area (Å²) in [4.78, 5) is 23.6. The fourth-order valence-corrected chi connectivity index (χ4v) is 2.24. The Kier molecular flexibility index (Phi) is 3.68. The minimum absolute atomic E-state index is 0.141. The van der Waals surface area contributed by atoms with Gasteiger partial charge in [-0.15, -0.1) is 0 Å². The SMILES string of the molecule is Cc1cccc2nc(C(=O)NCCCc3ncc[nH]3)cn12. The third-order valence-corrected chi connectivity index (χ3v) is 3.36. The van der Waals surface area contributed by atoms with Crippen LogP contribution in [0.2, 0.25) is 0 Å². The summed E-state index contributed by atoms with van der Waals surface area (Å²) in [5.41, 5.74) is 2.29. The maximum atomic E-state index is 12.1. The zero-order valence-electron chi connectivity index (χ0n) is 11.8. The number of rotatable bonds is 5. The first-order chi connectivity index (χ1) is 10.2. The summed E-state index contributed by atoms with van der Waals surface area (Å²) in [5, 5.41) is 2.89. The Balaban J connectivity index is 1.58. The Morgan fingerprint density at radius 1 is 1.43 bits per heavy atom. The molecule has 0 aliphatic rings. The normalized spacial score (nSPS) is 10.9. The highest BCUT2D eigenvalue weighted by Gasteiger charge is 2.10. The van der Waals surface area contributed by atoms with Crippen molar-refractivity contribution >= 4 is 11.6 Å². The van der Waals surface area contributed by atoms with Gasteiger partial charge in [0.05, 0.1) is 0 Å². The van der Waals surface area contributed by atoms with Crippen LogP contribution in [0.1, 0.15) is 28.4 Å². The molecule has 0 aromatic carbocycles. The van der Waals surface area contributed by atoms with E-state index in [1.807, 2.05) is 29.5 Å². The zero-order valence-corrected chi connectivity index (χ0v) is 11.8. The number of amides is 1. The topological polar surface area (TPSA) is 75.1 Å². The number of nitrogens with zero attached hydrogens (tertiary/aromatic N) is 3. The molecule has 0 fully saturated rings. The molecule has 0 aliphatic carbocycles.